The van der Waals surface area contributed by atoms with E-state index in [1.54, 1.807) is 17.6 Å². The standard InChI is InChI=1S/C14H9BrN4O2S/c15-10-2-1-3-11(6-10)21-12-5-4-9(7-16-12)13(20)18-14-19-17-8-22-14/h1-8H,(H,18,19,20). The minimum Gasteiger partial charge on any atom is -0.439 e. The van der Waals surface area contributed by atoms with Gasteiger partial charge in [-0.15, -0.1) is 10.2 Å². The molecule has 6 nitrogen and oxygen atoms in total. The molecule has 0 radical (unpaired) electrons. The van der Waals surface area contributed by atoms with E-state index in [0.717, 1.165) is 4.47 Å². The number of carbonyl (C=O) groups excluding carboxylic acids is 1. The highest BCUT2D eigenvalue weighted by Crippen LogP contribution is 2.23. The second kappa shape index (κ2) is 6.63. The van der Waals surface area contributed by atoms with Crippen LogP contribution in [0.15, 0.2) is 52.6 Å². The van der Waals surface area contributed by atoms with Crippen molar-refractivity contribution in [2.45, 2.75) is 0 Å². The van der Waals surface area contributed by atoms with Gasteiger partial charge in [-0.2, -0.15) is 0 Å². The highest BCUT2D eigenvalue weighted by molar-refractivity contribution is 9.10. The van der Waals surface area contributed by atoms with Crippen molar-refractivity contribution in [3.8, 4) is 11.6 Å². The maximum absolute atomic E-state index is 12.0. The molecule has 22 heavy (non-hydrogen) atoms. The Morgan fingerprint density at radius 2 is 2.18 bits per heavy atom. The molecule has 0 saturated heterocycles. The Labute approximate surface area is 138 Å². The summed E-state index contributed by atoms with van der Waals surface area (Å²) < 4.78 is 6.52. The molecule has 0 saturated carbocycles. The van der Waals surface area contributed by atoms with E-state index in [-0.39, 0.29) is 5.91 Å². The normalized spacial score (nSPS) is 10.2. The third-order valence-electron chi connectivity index (χ3n) is 2.60. The van der Waals surface area contributed by atoms with E-state index in [1.807, 2.05) is 24.3 Å². The first-order valence-electron chi connectivity index (χ1n) is 6.18. The zero-order chi connectivity index (χ0) is 15.4. The molecule has 3 aromatic rings. The van der Waals surface area contributed by atoms with Crippen molar-refractivity contribution in [3.05, 3.63) is 58.1 Å². The molecule has 0 aliphatic heterocycles. The number of aromatic nitrogens is 3. The second-order valence-electron chi connectivity index (χ2n) is 4.14. The third-order valence-corrected chi connectivity index (χ3v) is 3.70. The average Bonchev–Trinajstić information content (AvgIpc) is 3.01. The minimum atomic E-state index is -0.293. The molecule has 110 valence electrons. The van der Waals surface area contributed by atoms with Gasteiger partial charge in [-0.25, -0.2) is 4.98 Å². The number of benzene rings is 1. The van der Waals surface area contributed by atoms with Gasteiger partial charge in [0.1, 0.15) is 11.3 Å². The van der Waals surface area contributed by atoms with E-state index in [2.05, 4.69) is 36.4 Å². The summed E-state index contributed by atoms with van der Waals surface area (Å²) in [4.78, 5) is 16.1. The Morgan fingerprint density at radius 3 is 2.86 bits per heavy atom. The van der Waals surface area contributed by atoms with Crippen molar-refractivity contribution in [2.24, 2.45) is 0 Å². The number of nitrogens with one attached hydrogen (secondary N) is 1. The lowest BCUT2D eigenvalue weighted by atomic mass is 10.3. The van der Waals surface area contributed by atoms with Crippen LogP contribution < -0.4 is 10.1 Å². The Morgan fingerprint density at radius 1 is 1.27 bits per heavy atom. The molecule has 0 unspecified atom stereocenters. The van der Waals surface area contributed by atoms with Gasteiger partial charge in [-0.05, 0) is 24.3 Å². The van der Waals surface area contributed by atoms with Crippen molar-refractivity contribution < 1.29 is 9.53 Å². The van der Waals surface area contributed by atoms with Crippen molar-refractivity contribution in [2.75, 3.05) is 5.32 Å². The maximum Gasteiger partial charge on any atom is 0.259 e. The first kappa shape index (κ1) is 14.6. The van der Waals surface area contributed by atoms with E-state index in [1.165, 1.54) is 17.5 Å². The van der Waals surface area contributed by atoms with E-state index in [4.69, 9.17) is 4.74 Å². The molecule has 1 amide bonds. The maximum atomic E-state index is 12.0. The summed E-state index contributed by atoms with van der Waals surface area (Å²) in [5, 5.41) is 10.5. The summed E-state index contributed by atoms with van der Waals surface area (Å²) in [6.45, 7) is 0. The molecule has 0 bridgehead atoms. The Balaban J connectivity index is 1.68. The summed E-state index contributed by atoms with van der Waals surface area (Å²) in [5.74, 6) is 0.775. The predicted molar refractivity (Wildman–Crippen MR) is 86.3 cm³/mol. The number of amides is 1. The number of ether oxygens (including phenoxy) is 1. The summed E-state index contributed by atoms with van der Waals surface area (Å²) in [6.07, 6.45) is 1.45. The second-order valence-corrected chi connectivity index (χ2v) is 5.89. The summed E-state index contributed by atoms with van der Waals surface area (Å²) in [6, 6.07) is 10.7. The van der Waals surface area contributed by atoms with Crippen LogP contribution >= 0.6 is 27.3 Å². The predicted octanol–water partition coefficient (Wildman–Crippen LogP) is 3.74. The van der Waals surface area contributed by atoms with Gasteiger partial charge in [0.05, 0.1) is 5.56 Å². The number of nitrogens with zero attached hydrogens (tertiary/aromatic N) is 3. The number of halogens is 1. The number of pyridine rings is 1. The van der Waals surface area contributed by atoms with Crippen molar-refractivity contribution in [1.29, 1.82) is 0 Å². The van der Waals surface area contributed by atoms with Gasteiger partial charge in [0, 0.05) is 16.7 Å². The van der Waals surface area contributed by atoms with Crippen LogP contribution in [0.3, 0.4) is 0 Å². The Bertz CT molecular complexity index is 778. The lowest BCUT2D eigenvalue weighted by Gasteiger charge is -2.06. The van der Waals surface area contributed by atoms with Gasteiger partial charge in [0.25, 0.3) is 5.91 Å². The first-order chi connectivity index (χ1) is 10.7. The van der Waals surface area contributed by atoms with Gasteiger partial charge in [-0.1, -0.05) is 33.3 Å². The van der Waals surface area contributed by atoms with Crippen LogP contribution in [0.25, 0.3) is 0 Å². The molecule has 0 atom stereocenters. The number of hydrogen-bond donors (Lipinski definition) is 1. The molecule has 2 aromatic heterocycles. The van der Waals surface area contributed by atoms with E-state index >= 15 is 0 Å². The molecule has 3 rings (SSSR count). The average molecular weight is 377 g/mol. The van der Waals surface area contributed by atoms with Gasteiger partial charge >= 0.3 is 0 Å². The molecule has 1 N–H and O–H groups in total. The van der Waals surface area contributed by atoms with E-state index < -0.39 is 0 Å². The Hall–Kier alpha value is -2.32. The van der Waals surface area contributed by atoms with Crippen LogP contribution in [0.1, 0.15) is 10.4 Å². The highest BCUT2D eigenvalue weighted by Gasteiger charge is 2.09. The molecule has 0 aliphatic rings. The van der Waals surface area contributed by atoms with Crippen LogP contribution in [0, 0.1) is 0 Å². The highest BCUT2D eigenvalue weighted by atomic mass is 79.9. The topological polar surface area (TPSA) is 77.0 Å². The zero-order valence-corrected chi connectivity index (χ0v) is 13.5. The van der Waals surface area contributed by atoms with E-state index in [0.29, 0.717) is 22.3 Å². The van der Waals surface area contributed by atoms with Gasteiger partial charge in [0.15, 0.2) is 0 Å². The van der Waals surface area contributed by atoms with Gasteiger partial charge < -0.3 is 4.74 Å². The molecule has 8 heteroatoms. The fourth-order valence-electron chi connectivity index (χ4n) is 1.62. The van der Waals surface area contributed by atoms with Gasteiger partial charge in [0.2, 0.25) is 11.0 Å². The van der Waals surface area contributed by atoms with Crippen LogP contribution in [0.5, 0.6) is 11.6 Å². The van der Waals surface area contributed by atoms with Gasteiger partial charge in [-0.3, -0.25) is 10.1 Å². The SMILES string of the molecule is O=C(Nc1nncs1)c1ccc(Oc2cccc(Br)c2)nc1. The largest absolute Gasteiger partial charge is 0.439 e. The van der Waals surface area contributed by atoms with Crippen LogP contribution in [0.2, 0.25) is 0 Å². The van der Waals surface area contributed by atoms with Crippen LogP contribution in [-0.2, 0) is 0 Å². The fourth-order valence-corrected chi connectivity index (χ4v) is 2.44. The molecule has 0 aliphatic carbocycles. The Kier molecular flexibility index (Phi) is 4.40. The molecule has 2 heterocycles. The lowest BCUT2D eigenvalue weighted by Crippen LogP contribution is -2.12. The third kappa shape index (κ3) is 3.66. The van der Waals surface area contributed by atoms with Crippen molar-refractivity contribution in [3.63, 3.8) is 0 Å². The number of anilines is 1. The fraction of sp³-hybridized carbons (Fsp3) is 0. The van der Waals surface area contributed by atoms with E-state index in [9.17, 15) is 4.79 Å². The smallest absolute Gasteiger partial charge is 0.259 e. The zero-order valence-electron chi connectivity index (χ0n) is 11.1. The first-order valence-corrected chi connectivity index (χ1v) is 7.85. The van der Waals surface area contributed by atoms with Crippen LogP contribution in [-0.4, -0.2) is 21.1 Å². The van der Waals surface area contributed by atoms with Crippen LogP contribution in [0.4, 0.5) is 5.13 Å². The molecule has 0 spiro atoms. The molecule has 1 aromatic carbocycles. The monoisotopic (exact) mass is 376 g/mol. The summed E-state index contributed by atoms with van der Waals surface area (Å²) in [5.41, 5.74) is 1.96. The molecular formula is C14H9BrN4O2S. The summed E-state index contributed by atoms with van der Waals surface area (Å²) >= 11 is 4.62. The molecule has 0 fully saturated rings. The number of carbonyl (C=O) groups is 1. The lowest BCUT2D eigenvalue weighted by molar-refractivity contribution is 0.102. The molecular weight excluding hydrogens is 368 g/mol. The summed E-state index contributed by atoms with van der Waals surface area (Å²) in [7, 11) is 0. The number of rotatable bonds is 4. The quantitative estimate of drug-likeness (QED) is 0.750. The number of hydrogen-bond acceptors (Lipinski definition) is 6. The minimum absolute atomic E-state index is 0.293. The van der Waals surface area contributed by atoms with Crippen molar-refractivity contribution >= 4 is 38.3 Å². The van der Waals surface area contributed by atoms with Crippen molar-refractivity contribution in [1.82, 2.24) is 15.2 Å².